The smallest absolute Gasteiger partial charge is 0.303 e. The van der Waals surface area contributed by atoms with Gasteiger partial charge >= 0.3 is 5.97 Å². The predicted octanol–water partition coefficient (Wildman–Crippen LogP) is 5.20. The van der Waals surface area contributed by atoms with E-state index in [0.29, 0.717) is 18.1 Å². The monoisotopic (exact) mass is 406 g/mol. The number of aryl methyl sites for hydroxylation is 1. The Kier molecular flexibility index (Phi) is 6.10. The minimum absolute atomic E-state index is 0.0966. The number of hydrogen-bond donors (Lipinski definition) is 1. The summed E-state index contributed by atoms with van der Waals surface area (Å²) >= 11 is 0. The number of rotatable bonds is 8. The third-order valence-corrected chi connectivity index (χ3v) is 5.34. The van der Waals surface area contributed by atoms with E-state index in [1.165, 1.54) is 17.7 Å². The summed E-state index contributed by atoms with van der Waals surface area (Å²) in [6.45, 7) is 1.77. The fraction of sp³-hybridized carbons (Fsp3) is 0.240. The van der Waals surface area contributed by atoms with Crippen molar-refractivity contribution in [3.63, 3.8) is 0 Å². The number of benzene rings is 3. The minimum Gasteiger partial charge on any atom is -0.489 e. The van der Waals surface area contributed by atoms with E-state index in [-0.39, 0.29) is 18.8 Å². The van der Waals surface area contributed by atoms with E-state index >= 15 is 0 Å². The summed E-state index contributed by atoms with van der Waals surface area (Å²) in [5.41, 5.74) is 4.92. The molecule has 0 amide bonds. The number of aliphatic carboxylic acids is 1. The molecule has 1 N–H and O–H groups in total. The van der Waals surface area contributed by atoms with Crippen LogP contribution in [0.2, 0.25) is 0 Å². The predicted molar refractivity (Wildman–Crippen MR) is 112 cm³/mol. The highest BCUT2D eigenvalue weighted by atomic mass is 19.1. The summed E-state index contributed by atoms with van der Waals surface area (Å²) < 4.78 is 25.0. The van der Waals surface area contributed by atoms with E-state index in [4.69, 9.17) is 14.6 Å². The van der Waals surface area contributed by atoms with E-state index in [1.54, 1.807) is 6.07 Å². The largest absolute Gasteiger partial charge is 0.489 e. The molecule has 154 valence electrons. The lowest BCUT2D eigenvalue weighted by atomic mass is 9.93. The topological polar surface area (TPSA) is 55.8 Å². The Bertz CT molecular complexity index is 1010. The summed E-state index contributed by atoms with van der Waals surface area (Å²) in [6, 6.07) is 20.4. The van der Waals surface area contributed by atoms with Gasteiger partial charge in [0.25, 0.3) is 0 Å². The van der Waals surface area contributed by atoms with Crippen LogP contribution in [0.4, 0.5) is 4.39 Å². The Morgan fingerprint density at radius 1 is 1.03 bits per heavy atom. The molecule has 1 saturated heterocycles. The standard InChI is InChI=1S/C25H23FO4/c26-22-8-11-24(19-6-4-18(5-7-19)21-14-29-15-21)20(13-22)16-30-23-9-1-17(2-10-23)3-12-25(27)28/h1-2,4-11,13,21H,3,12,14-16H2,(H,27,28). The van der Waals surface area contributed by atoms with E-state index in [9.17, 15) is 9.18 Å². The zero-order chi connectivity index (χ0) is 20.9. The average Bonchev–Trinajstić information content (AvgIpc) is 2.71. The van der Waals surface area contributed by atoms with Crippen molar-refractivity contribution >= 4 is 5.97 Å². The van der Waals surface area contributed by atoms with Crippen molar-refractivity contribution in [1.29, 1.82) is 0 Å². The second-order valence-corrected chi connectivity index (χ2v) is 7.48. The summed E-state index contributed by atoms with van der Waals surface area (Å²) in [6.07, 6.45) is 0.575. The van der Waals surface area contributed by atoms with Gasteiger partial charge in [0.15, 0.2) is 0 Å². The molecule has 0 unspecified atom stereocenters. The summed E-state index contributed by atoms with van der Waals surface area (Å²) in [5, 5.41) is 8.78. The molecule has 0 bridgehead atoms. The van der Waals surface area contributed by atoms with Gasteiger partial charge in [-0.3, -0.25) is 4.79 Å². The first-order valence-electron chi connectivity index (χ1n) is 9.98. The molecule has 4 nitrogen and oxygen atoms in total. The molecule has 0 atom stereocenters. The fourth-order valence-corrected chi connectivity index (χ4v) is 3.49. The average molecular weight is 406 g/mol. The van der Waals surface area contributed by atoms with Gasteiger partial charge in [0.1, 0.15) is 18.2 Å². The highest BCUT2D eigenvalue weighted by Crippen LogP contribution is 2.30. The molecule has 0 radical (unpaired) electrons. The SMILES string of the molecule is O=C(O)CCc1ccc(OCc2cc(F)ccc2-c2ccc(C3COC3)cc2)cc1. The first-order valence-corrected chi connectivity index (χ1v) is 9.98. The summed E-state index contributed by atoms with van der Waals surface area (Å²) in [5.74, 6) is 0.00535. The Morgan fingerprint density at radius 2 is 1.77 bits per heavy atom. The molecule has 3 aromatic rings. The zero-order valence-electron chi connectivity index (χ0n) is 16.5. The van der Waals surface area contributed by atoms with Crippen molar-refractivity contribution in [2.45, 2.75) is 25.4 Å². The highest BCUT2D eigenvalue weighted by Gasteiger charge is 2.20. The maximum atomic E-state index is 13.9. The Balaban J connectivity index is 1.46. The summed E-state index contributed by atoms with van der Waals surface area (Å²) in [7, 11) is 0. The maximum Gasteiger partial charge on any atom is 0.303 e. The molecule has 30 heavy (non-hydrogen) atoms. The molecule has 3 aromatic carbocycles. The first kappa shape index (κ1) is 20.1. The van der Waals surface area contributed by atoms with Crippen molar-refractivity contribution in [2.24, 2.45) is 0 Å². The van der Waals surface area contributed by atoms with Gasteiger partial charge in [-0.25, -0.2) is 4.39 Å². The quantitative estimate of drug-likeness (QED) is 0.558. The Labute approximate surface area is 174 Å². The van der Waals surface area contributed by atoms with Crippen LogP contribution < -0.4 is 4.74 Å². The lowest BCUT2D eigenvalue weighted by Gasteiger charge is -2.26. The lowest BCUT2D eigenvalue weighted by molar-refractivity contribution is -0.136. The van der Waals surface area contributed by atoms with Crippen LogP contribution in [0.15, 0.2) is 66.7 Å². The van der Waals surface area contributed by atoms with Crippen molar-refractivity contribution in [2.75, 3.05) is 13.2 Å². The molecule has 4 rings (SSSR count). The van der Waals surface area contributed by atoms with E-state index < -0.39 is 5.97 Å². The van der Waals surface area contributed by atoms with Crippen LogP contribution in [-0.2, 0) is 22.6 Å². The molecule has 0 aliphatic carbocycles. The van der Waals surface area contributed by atoms with Crippen molar-refractivity contribution < 1.29 is 23.8 Å². The van der Waals surface area contributed by atoms with E-state index in [2.05, 4.69) is 24.3 Å². The molecule has 0 spiro atoms. The van der Waals surface area contributed by atoms with E-state index in [0.717, 1.165) is 35.5 Å². The number of ether oxygens (including phenoxy) is 2. The van der Waals surface area contributed by atoms with Gasteiger partial charge in [0.05, 0.1) is 13.2 Å². The molecule has 1 heterocycles. The van der Waals surface area contributed by atoms with Crippen LogP contribution in [-0.4, -0.2) is 24.3 Å². The van der Waals surface area contributed by atoms with Crippen LogP contribution in [0.5, 0.6) is 5.75 Å². The molecule has 1 aliphatic rings. The third kappa shape index (κ3) is 4.86. The number of halogens is 1. The van der Waals surface area contributed by atoms with Gasteiger partial charge in [-0.15, -0.1) is 0 Å². The van der Waals surface area contributed by atoms with Crippen molar-refractivity contribution in [3.8, 4) is 16.9 Å². The molecule has 0 saturated carbocycles. The van der Waals surface area contributed by atoms with Gasteiger partial charge < -0.3 is 14.6 Å². The number of carbonyl (C=O) groups is 1. The van der Waals surface area contributed by atoms with Crippen LogP contribution in [0, 0.1) is 5.82 Å². The van der Waals surface area contributed by atoms with Gasteiger partial charge in [0.2, 0.25) is 0 Å². The van der Waals surface area contributed by atoms with Crippen LogP contribution in [0.1, 0.15) is 29.0 Å². The summed E-state index contributed by atoms with van der Waals surface area (Å²) in [4.78, 5) is 10.7. The molecule has 0 aromatic heterocycles. The first-order chi connectivity index (χ1) is 14.6. The molecule has 1 aliphatic heterocycles. The number of hydrogen-bond acceptors (Lipinski definition) is 3. The Hall–Kier alpha value is -3.18. The van der Waals surface area contributed by atoms with Gasteiger partial charge in [0, 0.05) is 12.3 Å². The second-order valence-electron chi connectivity index (χ2n) is 7.48. The van der Waals surface area contributed by atoms with Gasteiger partial charge in [-0.2, -0.15) is 0 Å². The van der Waals surface area contributed by atoms with Crippen LogP contribution in [0.3, 0.4) is 0 Å². The molecular weight excluding hydrogens is 383 g/mol. The molecule has 1 fully saturated rings. The van der Waals surface area contributed by atoms with Gasteiger partial charge in [-0.05, 0) is 58.5 Å². The second kappa shape index (κ2) is 9.09. The Morgan fingerprint density at radius 3 is 2.40 bits per heavy atom. The zero-order valence-corrected chi connectivity index (χ0v) is 16.5. The number of carboxylic acid groups (broad SMARTS) is 1. The van der Waals surface area contributed by atoms with Crippen molar-refractivity contribution in [1.82, 2.24) is 0 Å². The van der Waals surface area contributed by atoms with E-state index in [1.807, 2.05) is 24.3 Å². The molecule has 5 heteroatoms. The third-order valence-electron chi connectivity index (χ3n) is 5.34. The van der Waals surface area contributed by atoms with Crippen molar-refractivity contribution in [3.05, 3.63) is 89.2 Å². The number of carboxylic acids is 1. The fourth-order valence-electron chi connectivity index (χ4n) is 3.49. The van der Waals surface area contributed by atoms with Crippen LogP contribution >= 0.6 is 0 Å². The lowest BCUT2D eigenvalue weighted by Crippen LogP contribution is -2.24. The van der Waals surface area contributed by atoms with Gasteiger partial charge in [-0.1, -0.05) is 42.5 Å². The molecular formula is C25H23FO4. The normalized spacial score (nSPS) is 13.6. The highest BCUT2D eigenvalue weighted by molar-refractivity contribution is 5.68. The minimum atomic E-state index is -0.817. The van der Waals surface area contributed by atoms with Crippen LogP contribution in [0.25, 0.3) is 11.1 Å². The maximum absolute atomic E-state index is 13.9.